The van der Waals surface area contributed by atoms with Crippen LogP contribution in [-0.2, 0) is 4.57 Å². The molecule has 1 rings (SSSR count). The van der Waals surface area contributed by atoms with Crippen LogP contribution < -0.4 is 5.73 Å². The van der Waals surface area contributed by atoms with Crippen molar-refractivity contribution in [1.82, 2.24) is 0 Å². The Kier molecular flexibility index (Phi) is 2.76. The van der Waals surface area contributed by atoms with Gasteiger partial charge in [0.25, 0.3) is 5.78 Å². The Morgan fingerprint density at radius 3 is 2.25 bits per heavy atom. The van der Waals surface area contributed by atoms with Crippen LogP contribution in [0.4, 0.5) is 0 Å². The maximum Gasteiger partial charge on any atom is 0.529 e. The monoisotopic (exact) mass is 186 g/mol. The number of benzene rings is 1. The molecule has 4 nitrogen and oxygen atoms in total. The van der Waals surface area contributed by atoms with E-state index in [2.05, 4.69) is 0 Å². The Balaban J connectivity index is 2.89. The molecule has 0 aliphatic carbocycles. The van der Waals surface area contributed by atoms with Gasteiger partial charge in [-0.15, -0.1) is 0 Å². The second-order valence-corrected chi connectivity index (χ2v) is 3.50. The number of rotatable bonds is 2. The molecule has 0 radical (unpaired) electrons. The van der Waals surface area contributed by atoms with Gasteiger partial charge in [0.15, 0.2) is 0 Å². The predicted molar refractivity (Wildman–Crippen MR) is 44.9 cm³/mol. The standard InChI is InChI=1S/C7H8NO3P/c8-7(12(10)11)5-1-3-6(9)4-2-5/h1-4,7H,8H2,(H-,9,10,11)/p+1. The molecule has 1 aromatic rings. The summed E-state index contributed by atoms with van der Waals surface area (Å²) in [6.45, 7) is 0. The second-order valence-electron chi connectivity index (χ2n) is 2.34. The maximum atomic E-state index is 10.5. The number of hydrogen-bond acceptors (Lipinski definition) is 3. The smallest absolute Gasteiger partial charge is 0.508 e. The molecule has 12 heavy (non-hydrogen) atoms. The molecular formula is C7H9NO3P+. The van der Waals surface area contributed by atoms with Gasteiger partial charge < -0.3 is 5.11 Å². The van der Waals surface area contributed by atoms with E-state index in [1.54, 1.807) is 0 Å². The summed E-state index contributed by atoms with van der Waals surface area (Å²) in [5.74, 6) is -0.764. The second kappa shape index (κ2) is 3.63. The molecule has 0 spiro atoms. The van der Waals surface area contributed by atoms with E-state index in [0.717, 1.165) is 0 Å². The summed E-state index contributed by atoms with van der Waals surface area (Å²) in [6.07, 6.45) is 0. The van der Waals surface area contributed by atoms with Crippen LogP contribution in [0.1, 0.15) is 11.3 Å². The zero-order chi connectivity index (χ0) is 9.14. The Bertz CT molecular complexity index is 285. The van der Waals surface area contributed by atoms with Crippen molar-refractivity contribution in [1.29, 1.82) is 0 Å². The Labute approximate surface area is 70.5 Å². The van der Waals surface area contributed by atoms with Crippen LogP contribution in [0.25, 0.3) is 0 Å². The molecule has 0 aliphatic rings. The average molecular weight is 186 g/mol. The van der Waals surface area contributed by atoms with E-state index < -0.39 is 13.8 Å². The SMILES string of the molecule is NC(c1ccc(O)cc1)[P+](=O)O. The molecule has 0 aliphatic heterocycles. The molecule has 0 fully saturated rings. The number of phenolic OH excluding ortho intramolecular Hbond substituents is 1. The normalized spacial score (nSPS) is 14.0. The van der Waals surface area contributed by atoms with Gasteiger partial charge in [-0.1, -0.05) is 0 Å². The van der Waals surface area contributed by atoms with Crippen LogP contribution in [0.2, 0.25) is 0 Å². The summed E-state index contributed by atoms with van der Waals surface area (Å²) < 4.78 is 10.5. The van der Waals surface area contributed by atoms with Crippen molar-refractivity contribution in [2.45, 2.75) is 5.78 Å². The first-order valence-corrected chi connectivity index (χ1v) is 4.59. The first kappa shape index (κ1) is 9.13. The summed E-state index contributed by atoms with van der Waals surface area (Å²) in [7, 11) is -2.40. The minimum atomic E-state index is -2.40. The summed E-state index contributed by atoms with van der Waals surface area (Å²) >= 11 is 0. The van der Waals surface area contributed by atoms with E-state index >= 15 is 0 Å². The molecule has 0 amide bonds. The van der Waals surface area contributed by atoms with Crippen LogP contribution in [0.5, 0.6) is 5.75 Å². The zero-order valence-corrected chi connectivity index (χ0v) is 7.11. The van der Waals surface area contributed by atoms with Crippen molar-refractivity contribution in [3.63, 3.8) is 0 Å². The molecule has 0 saturated carbocycles. The molecule has 0 heterocycles. The van der Waals surface area contributed by atoms with Crippen LogP contribution in [0, 0.1) is 0 Å². The van der Waals surface area contributed by atoms with Crippen LogP contribution >= 0.6 is 8.03 Å². The minimum absolute atomic E-state index is 0.110. The molecular weight excluding hydrogens is 177 g/mol. The summed E-state index contributed by atoms with van der Waals surface area (Å²) in [6, 6.07) is 5.88. The molecule has 2 unspecified atom stereocenters. The van der Waals surface area contributed by atoms with Gasteiger partial charge in [0.2, 0.25) is 0 Å². The Hall–Kier alpha value is -0.960. The lowest BCUT2D eigenvalue weighted by atomic mass is 10.2. The summed E-state index contributed by atoms with van der Waals surface area (Å²) in [5.41, 5.74) is 5.91. The van der Waals surface area contributed by atoms with E-state index in [0.29, 0.717) is 5.56 Å². The van der Waals surface area contributed by atoms with E-state index in [4.69, 9.17) is 15.7 Å². The third-order valence-corrected chi connectivity index (χ3v) is 2.25. The molecule has 0 saturated heterocycles. The number of nitrogens with two attached hydrogens (primary N) is 1. The fourth-order valence-corrected chi connectivity index (χ4v) is 1.23. The maximum absolute atomic E-state index is 10.5. The molecule has 0 bridgehead atoms. The third kappa shape index (κ3) is 2.01. The number of phenols is 1. The van der Waals surface area contributed by atoms with Gasteiger partial charge in [0.05, 0.1) is 0 Å². The van der Waals surface area contributed by atoms with E-state index in [9.17, 15) is 4.57 Å². The van der Waals surface area contributed by atoms with Gasteiger partial charge in [-0.2, -0.15) is 4.89 Å². The lowest BCUT2D eigenvalue weighted by Gasteiger charge is -1.97. The summed E-state index contributed by atoms with van der Waals surface area (Å²) in [5, 5.41) is 8.90. The first-order chi connectivity index (χ1) is 5.61. The molecule has 0 aromatic heterocycles. The molecule has 1 aromatic carbocycles. The molecule has 4 N–H and O–H groups in total. The molecule has 64 valence electrons. The van der Waals surface area contributed by atoms with Crippen molar-refractivity contribution in [2.24, 2.45) is 5.73 Å². The van der Waals surface area contributed by atoms with Crippen molar-refractivity contribution >= 4 is 8.03 Å². The number of aromatic hydroxyl groups is 1. The zero-order valence-electron chi connectivity index (χ0n) is 6.21. The third-order valence-electron chi connectivity index (χ3n) is 1.47. The highest BCUT2D eigenvalue weighted by Gasteiger charge is 2.25. The van der Waals surface area contributed by atoms with Gasteiger partial charge in [-0.3, -0.25) is 5.73 Å². The van der Waals surface area contributed by atoms with E-state index in [1.165, 1.54) is 24.3 Å². The highest BCUT2D eigenvalue weighted by molar-refractivity contribution is 7.38. The van der Waals surface area contributed by atoms with E-state index in [-0.39, 0.29) is 5.75 Å². The van der Waals surface area contributed by atoms with Crippen LogP contribution in [0.3, 0.4) is 0 Å². The Morgan fingerprint density at radius 1 is 1.33 bits per heavy atom. The average Bonchev–Trinajstić information content (AvgIpc) is 2.04. The van der Waals surface area contributed by atoms with Crippen LogP contribution in [-0.4, -0.2) is 10.00 Å². The lowest BCUT2D eigenvalue weighted by molar-refractivity contribution is 0.474. The highest BCUT2D eigenvalue weighted by Crippen LogP contribution is 2.32. The minimum Gasteiger partial charge on any atom is -0.508 e. The summed E-state index contributed by atoms with van der Waals surface area (Å²) in [4.78, 5) is 8.67. The molecule has 5 heteroatoms. The lowest BCUT2D eigenvalue weighted by Crippen LogP contribution is -2.04. The first-order valence-electron chi connectivity index (χ1n) is 3.31. The Morgan fingerprint density at radius 2 is 1.83 bits per heavy atom. The predicted octanol–water partition coefficient (Wildman–Crippen LogP) is 1.08. The number of hydrogen-bond donors (Lipinski definition) is 3. The van der Waals surface area contributed by atoms with Crippen molar-refractivity contribution < 1.29 is 14.6 Å². The van der Waals surface area contributed by atoms with Crippen molar-refractivity contribution in [2.75, 3.05) is 0 Å². The van der Waals surface area contributed by atoms with E-state index in [1.807, 2.05) is 0 Å². The topological polar surface area (TPSA) is 83.5 Å². The largest absolute Gasteiger partial charge is 0.529 e. The van der Waals surface area contributed by atoms with Gasteiger partial charge in [-0.05, 0) is 28.8 Å². The molecule has 2 atom stereocenters. The quantitative estimate of drug-likeness (QED) is 0.603. The fourth-order valence-electron chi connectivity index (χ4n) is 0.799. The fraction of sp³-hybridized carbons (Fsp3) is 0.143. The van der Waals surface area contributed by atoms with Crippen molar-refractivity contribution in [3.05, 3.63) is 29.8 Å². The van der Waals surface area contributed by atoms with Crippen LogP contribution in [0.15, 0.2) is 24.3 Å². The van der Waals surface area contributed by atoms with Crippen molar-refractivity contribution in [3.8, 4) is 5.75 Å². The van der Waals surface area contributed by atoms with Gasteiger partial charge in [0.1, 0.15) is 5.75 Å². The highest BCUT2D eigenvalue weighted by atomic mass is 31.1. The van der Waals surface area contributed by atoms with Gasteiger partial charge in [0, 0.05) is 5.56 Å². The van der Waals surface area contributed by atoms with Gasteiger partial charge >= 0.3 is 8.03 Å². The van der Waals surface area contributed by atoms with Gasteiger partial charge in [-0.25, -0.2) is 0 Å².